The quantitative estimate of drug-likeness (QED) is 0.848. The average Bonchev–Trinajstić information content (AvgIpc) is 2.43. The van der Waals surface area contributed by atoms with E-state index in [1.807, 2.05) is 17.8 Å². The molecule has 0 amide bonds. The molecule has 106 valence electrons. The van der Waals surface area contributed by atoms with Crippen LogP contribution in [0, 0.1) is 5.82 Å². The normalized spacial score (nSPS) is 18.5. The average molecular weight is 346 g/mol. The van der Waals surface area contributed by atoms with Gasteiger partial charge >= 0.3 is 0 Å². The van der Waals surface area contributed by atoms with Gasteiger partial charge in [0, 0.05) is 17.0 Å². The van der Waals surface area contributed by atoms with Crippen LogP contribution in [0.15, 0.2) is 22.7 Å². The Morgan fingerprint density at radius 1 is 1.32 bits per heavy atom. The fraction of sp³-hybridized carbons (Fsp3) is 0.600. The van der Waals surface area contributed by atoms with Crippen molar-refractivity contribution in [1.82, 2.24) is 0 Å². The summed E-state index contributed by atoms with van der Waals surface area (Å²) in [6, 6.07) is 5.26. The molecule has 1 fully saturated rings. The third kappa shape index (κ3) is 4.76. The van der Waals surface area contributed by atoms with Crippen LogP contribution in [0.1, 0.15) is 37.7 Å². The van der Waals surface area contributed by atoms with Crippen LogP contribution in [0.3, 0.4) is 0 Å². The molecule has 0 aromatic heterocycles. The lowest BCUT2D eigenvalue weighted by Gasteiger charge is -2.22. The Morgan fingerprint density at radius 3 is 2.79 bits per heavy atom. The fourth-order valence-electron chi connectivity index (χ4n) is 2.54. The van der Waals surface area contributed by atoms with E-state index in [1.165, 1.54) is 38.2 Å². The molecule has 2 N–H and O–H groups in total. The van der Waals surface area contributed by atoms with E-state index in [0.717, 1.165) is 23.0 Å². The van der Waals surface area contributed by atoms with Crippen molar-refractivity contribution in [3.63, 3.8) is 0 Å². The summed E-state index contributed by atoms with van der Waals surface area (Å²) < 4.78 is 14.0. The summed E-state index contributed by atoms with van der Waals surface area (Å²) in [5.41, 5.74) is 7.15. The second-order valence-corrected chi connectivity index (χ2v) is 7.40. The molecular formula is C15H21BrFNS. The number of halogens is 2. The van der Waals surface area contributed by atoms with Crippen molar-refractivity contribution in [1.29, 1.82) is 0 Å². The molecule has 0 radical (unpaired) electrons. The Balaban J connectivity index is 1.80. The van der Waals surface area contributed by atoms with Crippen molar-refractivity contribution >= 4 is 27.7 Å². The van der Waals surface area contributed by atoms with E-state index in [0.29, 0.717) is 4.47 Å². The van der Waals surface area contributed by atoms with Crippen LogP contribution in [0.2, 0.25) is 0 Å². The van der Waals surface area contributed by atoms with Crippen LogP contribution in [-0.4, -0.2) is 17.0 Å². The predicted octanol–water partition coefficient (Wildman–Crippen LogP) is 4.52. The Labute approximate surface area is 127 Å². The lowest BCUT2D eigenvalue weighted by atomic mass is 10.0. The maximum absolute atomic E-state index is 13.4. The van der Waals surface area contributed by atoms with Crippen LogP contribution >= 0.6 is 27.7 Å². The number of hydrogen-bond acceptors (Lipinski definition) is 2. The Hall–Kier alpha value is -0.0600. The van der Waals surface area contributed by atoms with E-state index in [2.05, 4.69) is 15.9 Å². The molecule has 0 bridgehead atoms. The highest BCUT2D eigenvalue weighted by molar-refractivity contribution is 9.10. The summed E-state index contributed by atoms with van der Waals surface area (Å²) in [5.74, 6) is 0.762. The summed E-state index contributed by atoms with van der Waals surface area (Å²) in [6.07, 6.45) is 7.52. The molecule has 1 atom stereocenters. The van der Waals surface area contributed by atoms with Gasteiger partial charge in [-0.3, -0.25) is 0 Å². The lowest BCUT2D eigenvalue weighted by Crippen LogP contribution is -2.27. The van der Waals surface area contributed by atoms with Gasteiger partial charge in [-0.15, -0.1) is 0 Å². The zero-order valence-corrected chi connectivity index (χ0v) is 13.5. The van der Waals surface area contributed by atoms with Gasteiger partial charge in [-0.25, -0.2) is 4.39 Å². The molecule has 1 aliphatic carbocycles. The molecule has 19 heavy (non-hydrogen) atoms. The maximum Gasteiger partial charge on any atom is 0.137 e. The van der Waals surface area contributed by atoms with Gasteiger partial charge in [0.25, 0.3) is 0 Å². The monoisotopic (exact) mass is 345 g/mol. The molecule has 4 heteroatoms. The summed E-state index contributed by atoms with van der Waals surface area (Å²) in [7, 11) is 0. The molecule has 1 aromatic rings. The molecule has 0 heterocycles. The summed E-state index contributed by atoms with van der Waals surface area (Å²) >= 11 is 5.30. The van der Waals surface area contributed by atoms with Crippen molar-refractivity contribution in [2.75, 3.05) is 5.75 Å². The van der Waals surface area contributed by atoms with Gasteiger partial charge in [0.15, 0.2) is 0 Å². The molecule has 1 unspecified atom stereocenters. The van der Waals surface area contributed by atoms with Gasteiger partial charge in [0.1, 0.15) is 5.82 Å². The number of rotatable bonds is 5. The standard InChI is InChI=1S/C15H21BrFNS/c16-15-11(5-4-8-14(15)17)9-12(18)10-19-13-6-2-1-3-7-13/h4-5,8,12-13H,1-3,6-7,9-10,18H2. The highest BCUT2D eigenvalue weighted by Gasteiger charge is 2.16. The van der Waals surface area contributed by atoms with E-state index in [4.69, 9.17) is 5.73 Å². The van der Waals surface area contributed by atoms with Gasteiger partial charge in [-0.05, 0) is 46.8 Å². The zero-order valence-electron chi connectivity index (χ0n) is 11.1. The van der Waals surface area contributed by atoms with Crippen molar-refractivity contribution in [3.05, 3.63) is 34.1 Å². The van der Waals surface area contributed by atoms with E-state index in [9.17, 15) is 4.39 Å². The van der Waals surface area contributed by atoms with Gasteiger partial charge in [0.05, 0.1) is 4.47 Å². The predicted molar refractivity (Wildman–Crippen MR) is 85.1 cm³/mol. The van der Waals surface area contributed by atoms with Crippen molar-refractivity contribution in [2.45, 2.75) is 49.8 Å². The number of benzene rings is 1. The molecule has 1 saturated carbocycles. The van der Waals surface area contributed by atoms with Crippen LogP contribution in [-0.2, 0) is 6.42 Å². The van der Waals surface area contributed by atoms with E-state index >= 15 is 0 Å². The van der Waals surface area contributed by atoms with Gasteiger partial charge in [-0.1, -0.05) is 31.4 Å². The van der Waals surface area contributed by atoms with Crippen LogP contribution in [0.4, 0.5) is 4.39 Å². The largest absolute Gasteiger partial charge is 0.327 e. The molecular weight excluding hydrogens is 325 g/mol. The number of nitrogens with two attached hydrogens (primary N) is 1. The fourth-order valence-corrected chi connectivity index (χ4v) is 4.27. The summed E-state index contributed by atoms with van der Waals surface area (Å²) in [4.78, 5) is 0. The minimum absolute atomic E-state index is 0.102. The molecule has 1 aromatic carbocycles. The third-order valence-corrected chi connectivity index (χ3v) is 6.06. The Bertz CT molecular complexity index is 407. The number of hydrogen-bond donors (Lipinski definition) is 1. The molecule has 0 spiro atoms. The minimum atomic E-state index is -0.204. The topological polar surface area (TPSA) is 26.0 Å². The first-order valence-corrected chi connectivity index (χ1v) is 8.81. The second-order valence-electron chi connectivity index (χ2n) is 5.27. The van der Waals surface area contributed by atoms with Gasteiger partial charge in [0.2, 0.25) is 0 Å². The lowest BCUT2D eigenvalue weighted by molar-refractivity contribution is 0.515. The van der Waals surface area contributed by atoms with Gasteiger partial charge in [-0.2, -0.15) is 11.8 Å². The van der Waals surface area contributed by atoms with Crippen molar-refractivity contribution in [2.24, 2.45) is 5.73 Å². The first-order chi connectivity index (χ1) is 9.16. The summed E-state index contributed by atoms with van der Waals surface area (Å²) in [6.45, 7) is 0. The third-order valence-electron chi connectivity index (χ3n) is 3.61. The van der Waals surface area contributed by atoms with E-state index < -0.39 is 0 Å². The van der Waals surface area contributed by atoms with Crippen LogP contribution < -0.4 is 5.73 Å². The van der Waals surface area contributed by atoms with E-state index in [1.54, 1.807) is 6.07 Å². The van der Waals surface area contributed by atoms with Gasteiger partial charge < -0.3 is 5.73 Å². The first-order valence-electron chi connectivity index (χ1n) is 6.97. The second kappa shape index (κ2) is 7.65. The molecule has 1 aliphatic rings. The molecule has 1 nitrogen and oxygen atoms in total. The van der Waals surface area contributed by atoms with Crippen molar-refractivity contribution < 1.29 is 4.39 Å². The Kier molecular flexibility index (Phi) is 6.17. The highest BCUT2D eigenvalue weighted by Crippen LogP contribution is 2.29. The smallest absolute Gasteiger partial charge is 0.137 e. The highest BCUT2D eigenvalue weighted by atomic mass is 79.9. The van der Waals surface area contributed by atoms with Crippen LogP contribution in [0.25, 0.3) is 0 Å². The van der Waals surface area contributed by atoms with Crippen molar-refractivity contribution in [3.8, 4) is 0 Å². The number of thioether (sulfide) groups is 1. The molecule has 0 saturated heterocycles. The minimum Gasteiger partial charge on any atom is -0.327 e. The zero-order chi connectivity index (χ0) is 13.7. The SMILES string of the molecule is NC(CSC1CCCCC1)Cc1cccc(F)c1Br. The van der Waals surface area contributed by atoms with E-state index in [-0.39, 0.29) is 11.9 Å². The van der Waals surface area contributed by atoms with Crippen LogP contribution in [0.5, 0.6) is 0 Å². The molecule has 0 aliphatic heterocycles. The first kappa shape index (κ1) is 15.3. The Morgan fingerprint density at radius 2 is 2.05 bits per heavy atom. The molecule has 2 rings (SSSR count). The summed E-state index contributed by atoms with van der Waals surface area (Å²) in [5, 5.41) is 0.788. The maximum atomic E-state index is 13.4.